The van der Waals surface area contributed by atoms with Gasteiger partial charge in [-0.15, -0.1) is 0 Å². The van der Waals surface area contributed by atoms with Gasteiger partial charge in [-0.1, -0.05) is 19.1 Å². The number of nitrogens with zero attached hydrogens (tertiary/aromatic N) is 1. The highest BCUT2D eigenvalue weighted by molar-refractivity contribution is 8.46. The Kier molecular flexibility index (Phi) is 5.81. The molecule has 156 valence electrons. The minimum absolute atomic E-state index is 0.548. The summed E-state index contributed by atoms with van der Waals surface area (Å²) in [6, 6.07) is 12.4. The molecule has 2 aromatic carbocycles. The number of hydrogen-bond donors (Lipinski definition) is 2. The lowest BCUT2D eigenvalue weighted by Gasteiger charge is -2.15. The summed E-state index contributed by atoms with van der Waals surface area (Å²) < 4.78 is 18.7. The first-order chi connectivity index (χ1) is 14.5. The molecule has 0 aliphatic carbocycles. The molecule has 0 saturated carbocycles. The van der Waals surface area contributed by atoms with Gasteiger partial charge in [-0.2, -0.15) is 0 Å². The molecule has 4 aromatic rings. The average Bonchev–Trinajstić information content (AvgIpc) is 3.15. The quantitative estimate of drug-likeness (QED) is 0.367. The van der Waals surface area contributed by atoms with Crippen LogP contribution in [0.25, 0.3) is 33.1 Å². The van der Waals surface area contributed by atoms with Gasteiger partial charge in [-0.25, -0.2) is 9.19 Å². The molecule has 0 bridgehead atoms. The van der Waals surface area contributed by atoms with Gasteiger partial charge >= 0.3 is 0 Å². The van der Waals surface area contributed by atoms with E-state index >= 15 is 0 Å². The van der Waals surface area contributed by atoms with Gasteiger partial charge in [0, 0.05) is 28.9 Å². The fourth-order valence-electron chi connectivity index (χ4n) is 3.74. The molecule has 2 atom stereocenters. The normalized spacial score (nSPS) is 13.5. The van der Waals surface area contributed by atoms with E-state index in [-0.39, 0.29) is 0 Å². The zero-order valence-electron chi connectivity index (χ0n) is 17.9. The van der Waals surface area contributed by atoms with E-state index in [1.807, 2.05) is 32.3 Å². The summed E-state index contributed by atoms with van der Waals surface area (Å²) in [6.07, 6.45) is 2.80. The van der Waals surface area contributed by atoms with Crippen LogP contribution < -0.4 is 10.1 Å². The van der Waals surface area contributed by atoms with Gasteiger partial charge in [0.2, 0.25) is 0 Å². The Morgan fingerprint density at radius 1 is 1.27 bits per heavy atom. The monoisotopic (exact) mass is 439 g/mol. The predicted octanol–water partition coefficient (Wildman–Crippen LogP) is 5.90. The Morgan fingerprint density at radius 2 is 2.07 bits per heavy atom. The Balaban J connectivity index is 2.05. The van der Waals surface area contributed by atoms with Crippen LogP contribution in [-0.4, -0.2) is 41.2 Å². The zero-order chi connectivity index (χ0) is 21.4. The van der Waals surface area contributed by atoms with Crippen LogP contribution in [0.4, 0.5) is 5.69 Å². The zero-order valence-corrected chi connectivity index (χ0v) is 19.6. The number of aromatic nitrogens is 2. The average molecular weight is 440 g/mol. The first kappa shape index (κ1) is 20.8. The molecule has 0 spiro atoms. The molecule has 0 aliphatic heterocycles. The van der Waals surface area contributed by atoms with Gasteiger partial charge in [-0.05, 0) is 67.8 Å². The van der Waals surface area contributed by atoms with Crippen LogP contribution in [-0.2, 0) is 10.4 Å². The lowest BCUT2D eigenvalue weighted by Crippen LogP contribution is -1.96. The van der Waals surface area contributed by atoms with Gasteiger partial charge in [0.15, 0.2) is 5.75 Å². The standard InChI is InChI=1S/C23H26N3O2PS/c1-6-29(5)30(27)16-9-7-8-15(11-16)17-12-19(24-3)22(28-4)21-20(17)18-10-14(2)13-25-23(18)26-21/h7-13,24H,6H2,1-5H3,(H,25,26). The maximum absolute atomic E-state index is 12.9. The van der Waals surface area contributed by atoms with Crippen LogP contribution >= 0.6 is 7.12 Å². The maximum atomic E-state index is 12.9. The second-order valence-corrected chi connectivity index (χ2v) is 13.0. The Hall–Kier alpha value is -2.43. The van der Waals surface area contributed by atoms with E-state index in [2.05, 4.69) is 53.1 Å². The van der Waals surface area contributed by atoms with E-state index in [1.54, 1.807) is 7.11 Å². The highest BCUT2D eigenvalue weighted by Crippen LogP contribution is 2.45. The Labute approximate surface area is 180 Å². The molecule has 2 unspecified atom stereocenters. The van der Waals surface area contributed by atoms with Gasteiger partial charge in [0.25, 0.3) is 0 Å². The van der Waals surface area contributed by atoms with E-state index in [0.29, 0.717) is 0 Å². The molecule has 0 amide bonds. The number of pyridine rings is 1. The highest BCUT2D eigenvalue weighted by Gasteiger charge is 2.20. The lowest BCUT2D eigenvalue weighted by molar-refractivity contribution is 0.421. The fraction of sp³-hybridized carbons (Fsp3) is 0.261. The molecular formula is C23H26N3O2PS. The molecule has 0 radical (unpaired) electrons. The molecule has 5 nitrogen and oxygen atoms in total. The number of aromatic amines is 1. The maximum Gasteiger partial charge on any atom is 0.166 e. The number of nitrogens with one attached hydrogen (secondary N) is 2. The smallest absolute Gasteiger partial charge is 0.166 e. The summed E-state index contributed by atoms with van der Waals surface area (Å²) in [5.74, 6) is 0.759. The molecule has 2 aromatic heterocycles. The third-order valence-corrected chi connectivity index (χ3v) is 10.6. The van der Waals surface area contributed by atoms with Crippen LogP contribution in [0.1, 0.15) is 12.5 Å². The van der Waals surface area contributed by atoms with E-state index in [0.717, 1.165) is 61.1 Å². The first-order valence-electron chi connectivity index (χ1n) is 9.88. The number of aryl methyl sites for hydroxylation is 1. The van der Waals surface area contributed by atoms with Crippen molar-refractivity contribution in [1.29, 1.82) is 0 Å². The molecule has 2 heterocycles. The third-order valence-electron chi connectivity index (χ3n) is 5.37. The van der Waals surface area contributed by atoms with Gasteiger partial charge < -0.3 is 15.0 Å². The number of hydrogen-bond acceptors (Lipinski definition) is 4. The van der Waals surface area contributed by atoms with Crippen molar-refractivity contribution in [3.8, 4) is 16.9 Å². The Morgan fingerprint density at radius 3 is 2.77 bits per heavy atom. The van der Waals surface area contributed by atoms with Crippen LogP contribution in [0.15, 0.2) is 47.5 Å². The second-order valence-electron chi connectivity index (χ2n) is 7.26. The number of anilines is 1. The summed E-state index contributed by atoms with van der Waals surface area (Å²) in [5, 5.41) is 5.37. The number of methoxy groups -OCH3 is 1. The molecular weight excluding hydrogens is 413 g/mol. The van der Waals surface area contributed by atoms with Crippen molar-refractivity contribution in [2.24, 2.45) is 0 Å². The van der Waals surface area contributed by atoms with Crippen molar-refractivity contribution in [2.75, 3.05) is 32.3 Å². The van der Waals surface area contributed by atoms with Crippen molar-refractivity contribution in [3.63, 3.8) is 0 Å². The van der Waals surface area contributed by atoms with Crippen molar-refractivity contribution >= 4 is 45.2 Å². The predicted molar refractivity (Wildman–Crippen MR) is 130 cm³/mol. The first-order valence-corrected chi connectivity index (χ1v) is 13.6. The summed E-state index contributed by atoms with van der Waals surface area (Å²) in [7, 11) is 2.04. The minimum atomic E-state index is -0.976. The lowest BCUT2D eigenvalue weighted by atomic mass is 9.98. The number of fused-ring (bicyclic) bond motifs is 3. The number of benzene rings is 2. The fourth-order valence-corrected chi connectivity index (χ4v) is 6.88. The molecule has 0 fully saturated rings. The molecule has 7 heteroatoms. The van der Waals surface area contributed by atoms with Crippen LogP contribution in [0.2, 0.25) is 0 Å². The van der Waals surface area contributed by atoms with Gasteiger partial charge in [-0.3, -0.25) is 0 Å². The van der Waals surface area contributed by atoms with E-state index in [4.69, 9.17) is 4.74 Å². The summed E-state index contributed by atoms with van der Waals surface area (Å²) in [4.78, 5) is 8.91. The molecule has 2 N–H and O–H groups in total. The van der Waals surface area contributed by atoms with Crippen LogP contribution in [0.5, 0.6) is 5.75 Å². The number of rotatable bonds is 6. The van der Waals surface area contributed by atoms with Crippen molar-refractivity contribution in [2.45, 2.75) is 18.7 Å². The van der Waals surface area contributed by atoms with E-state index in [9.17, 15) is 4.21 Å². The summed E-state index contributed by atoms with van der Waals surface area (Å²) in [6.45, 7) is 6.24. The highest BCUT2D eigenvalue weighted by atomic mass is 32.7. The Bertz CT molecular complexity index is 1270. The minimum Gasteiger partial charge on any atom is -0.492 e. The number of H-pyrrole nitrogens is 1. The topological polar surface area (TPSA) is 67.0 Å². The van der Waals surface area contributed by atoms with Crippen molar-refractivity contribution in [3.05, 3.63) is 48.2 Å². The number of ether oxygens (including phenoxy) is 1. The molecule has 30 heavy (non-hydrogen) atoms. The molecule has 0 saturated heterocycles. The third kappa shape index (κ3) is 3.48. The molecule has 0 aliphatic rings. The largest absolute Gasteiger partial charge is 0.492 e. The summed E-state index contributed by atoms with van der Waals surface area (Å²) >= 11 is 0. The van der Waals surface area contributed by atoms with Crippen LogP contribution in [0.3, 0.4) is 0 Å². The SMILES string of the molecule is CCP(C)S(=O)c1cccc(-c2cc(NC)c(OC)c3[nH]c4ncc(C)cc4c23)c1. The second kappa shape index (κ2) is 8.37. The van der Waals surface area contributed by atoms with Gasteiger partial charge in [0.1, 0.15) is 5.65 Å². The summed E-state index contributed by atoms with van der Waals surface area (Å²) in [5.41, 5.74) is 5.81. The van der Waals surface area contributed by atoms with E-state index in [1.165, 1.54) is 0 Å². The molecule has 4 rings (SSSR count). The van der Waals surface area contributed by atoms with Crippen molar-refractivity contribution in [1.82, 2.24) is 9.97 Å². The van der Waals surface area contributed by atoms with Crippen molar-refractivity contribution < 1.29 is 8.95 Å². The van der Waals surface area contributed by atoms with Crippen LogP contribution in [0, 0.1) is 6.92 Å². The van der Waals surface area contributed by atoms with Gasteiger partial charge in [0.05, 0.1) is 28.7 Å². The van der Waals surface area contributed by atoms with E-state index < -0.39 is 17.5 Å².